The average Bonchev–Trinajstić information content (AvgIpc) is 2.50. The number of halogens is 2. The first-order valence-corrected chi connectivity index (χ1v) is 5.54. The zero-order valence-electron chi connectivity index (χ0n) is 10.8. The van der Waals surface area contributed by atoms with Crippen LogP contribution in [0.3, 0.4) is 0 Å². The Balaban J connectivity index is 2.88. The summed E-state index contributed by atoms with van der Waals surface area (Å²) in [4.78, 5) is 23.8. The predicted molar refractivity (Wildman–Crippen MR) is 58.3 cm³/mol. The van der Waals surface area contributed by atoms with Gasteiger partial charge >= 0.3 is 12.1 Å². The summed E-state index contributed by atoms with van der Waals surface area (Å²) in [5, 5.41) is 0. The van der Waals surface area contributed by atoms with Crippen molar-refractivity contribution in [1.29, 1.82) is 0 Å². The molecule has 0 radical (unpaired) electrons. The van der Waals surface area contributed by atoms with E-state index in [4.69, 9.17) is 4.74 Å². The van der Waals surface area contributed by atoms with E-state index in [0.717, 1.165) is 12.0 Å². The van der Waals surface area contributed by atoms with Crippen molar-refractivity contribution in [2.45, 2.75) is 44.8 Å². The number of rotatable bonds is 1. The van der Waals surface area contributed by atoms with Crippen LogP contribution < -0.4 is 0 Å². The molecule has 1 atom stereocenters. The highest BCUT2D eigenvalue weighted by Crippen LogP contribution is 2.35. The summed E-state index contributed by atoms with van der Waals surface area (Å²) in [5.41, 5.74) is -0.810. The van der Waals surface area contributed by atoms with Crippen molar-refractivity contribution in [2.24, 2.45) is 0 Å². The highest BCUT2D eigenvalue weighted by molar-refractivity contribution is 5.83. The van der Waals surface area contributed by atoms with Gasteiger partial charge in [-0.2, -0.15) is 0 Å². The van der Waals surface area contributed by atoms with E-state index in [1.54, 1.807) is 20.8 Å². The van der Waals surface area contributed by atoms with E-state index in [0.29, 0.717) is 0 Å². The molecule has 1 unspecified atom stereocenters. The molecular weight excluding hydrogens is 248 g/mol. The molecule has 5 nitrogen and oxygen atoms in total. The monoisotopic (exact) mass is 265 g/mol. The number of nitrogens with zero attached hydrogens (tertiary/aromatic N) is 1. The second-order valence-electron chi connectivity index (χ2n) is 5.11. The van der Waals surface area contributed by atoms with Gasteiger partial charge in [0.15, 0.2) is 6.04 Å². The number of hydrogen-bond acceptors (Lipinski definition) is 4. The number of esters is 1. The topological polar surface area (TPSA) is 55.8 Å². The molecule has 0 aromatic carbocycles. The third-order valence-corrected chi connectivity index (χ3v) is 2.45. The summed E-state index contributed by atoms with van der Waals surface area (Å²) in [6.45, 7) is 4.62. The molecule has 0 N–H and O–H groups in total. The summed E-state index contributed by atoms with van der Waals surface area (Å²) in [6.07, 6.45) is -1.51. The normalized spacial score (nSPS) is 22.8. The fourth-order valence-corrected chi connectivity index (χ4v) is 1.69. The van der Waals surface area contributed by atoms with E-state index in [1.165, 1.54) is 0 Å². The van der Waals surface area contributed by atoms with Crippen LogP contribution in [0.1, 0.15) is 27.2 Å². The van der Waals surface area contributed by atoms with Gasteiger partial charge in [-0.25, -0.2) is 18.4 Å². The highest BCUT2D eigenvalue weighted by atomic mass is 19.3. The molecule has 0 aromatic heterocycles. The first kappa shape index (κ1) is 14.7. The molecule has 1 aliphatic heterocycles. The second kappa shape index (κ2) is 4.70. The lowest BCUT2D eigenvalue weighted by Gasteiger charge is -2.28. The zero-order chi connectivity index (χ0) is 14.1. The lowest BCUT2D eigenvalue weighted by atomic mass is 10.1. The van der Waals surface area contributed by atoms with Crippen molar-refractivity contribution < 1.29 is 27.8 Å². The molecule has 1 saturated heterocycles. The highest BCUT2D eigenvalue weighted by Gasteiger charge is 2.56. The van der Waals surface area contributed by atoms with Gasteiger partial charge in [0, 0.05) is 13.0 Å². The van der Waals surface area contributed by atoms with Crippen LogP contribution in [-0.2, 0) is 14.3 Å². The lowest BCUT2D eigenvalue weighted by Crippen LogP contribution is -2.49. The Kier molecular flexibility index (Phi) is 3.83. The first-order valence-electron chi connectivity index (χ1n) is 5.54. The number of carbonyl (C=O) groups excluding carboxylic acids is 2. The Morgan fingerprint density at radius 3 is 2.33 bits per heavy atom. The van der Waals surface area contributed by atoms with E-state index >= 15 is 0 Å². The Morgan fingerprint density at radius 2 is 1.89 bits per heavy atom. The van der Waals surface area contributed by atoms with Crippen LogP contribution in [-0.4, -0.2) is 48.2 Å². The van der Waals surface area contributed by atoms with Crippen LogP contribution in [0.4, 0.5) is 13.6 Å². The van der Waals surface area contributed by atoms with E-state index in [2.05, 4.69) is 4.74 Å². The van der Waals surface area contributed by atoms with Crippen molar-refractivity contribution in [3.8, 4) is 0 Å². The molecule has 104 valence electrons. The van der Waals surface area contributed by atoms with Gasteiger partial charge in [0.1, 0.15) is 5.60 Å². The van der Waals surface area contributed by atoms with Gasteiger partial charge in [0.25, 0.3) is 5.92 Å². The standard InChI is InChI=1S/C11H17F2NO4/c1-10(2,3)18-9(16)14-6-5-11(12,13)7(14)8(15)17-4/h7H,5-6H2,1-4H3. The number of amides is 1. The minimum absolute atomic E-state index is 0.234. The molecule has 1 amide bonds. The Hall–Kier alpha value is -1.40. The van der Waals surface area contributed by atoms with Gasteiger partial charge in [-0.05, 0) is 20.8 Å². The Morgan fingerprint density at radius 1 is 1.33 bits per heavy atom. The van der Waals surface area contributed by atoms with Crippen molar-refractivity contribution >= 4 is 12.1 Å². The maximum Gasteiger partial charge on any atom is 0.411 e. The number of likely N-dealkylation sites (tertiary alicyclic amines) is 1. The fraction of sp³-hybridized carbons (Fsp3) is 0.818. The minimum Gasteiger partial charge on any atom is -0.467 e. The molecule has 1 fully saturated rings. The van der Waals surface area contributed by atoms with Crippen LogP contribution in [0.15, 0.2) is 0 Å². The number of alkyl halides is 2. The zero-order valence-corrected chi connectivity index (χ0v) is 10.8. The van der Waals surface area contributed by atoms with E-state index in [9.17, 15) is 18.4 Å². The molecule has 0 aliphatic carbocycles. The lowest BCUT2D eigenvalue weighted by molar-refractivity contribution is -0.156. The summed E-state index contributed by atoms with van der Waals surface area (Å²) in [6, 6.07) is -1.91. The maximum atomic E-state index is 13.5. The van der Waals surface area contributed by atoms with Gasteiger partial charge in [-0.15, -0.1) is 0 Å². The summed E-state index contributed by atoms with van der Waals surface area (Å²) < 4.78 is 36.4. The van der Waals surface area contributed by atoms with Crippen LogP contribution in [0, 0.1) is 0 Å². The van der Waals surface area contributed by atoms with Gasteiger partial charge in [0.05, 0.1) is 7.11 Å². The van der Waals surface area contributed by atoms with Crippen LogP contribution in [0.2, 0.25) is 0 Å². The maximum absolute atomic E-state index is 13.5. The molecule has 1 aliphatic rings. The number of ether oxygens (including phenoxy) is 2. The smallest absolute Gasteiger partial charge is 0.411 e. The van der Waals surface area contributed by atoms with Crippen molar-refractivity contribution in [1.82, 2.24) is 4.90 Å². The third kappa shape index (κ3) is 3.08. The number of carbonyl (C=O) groups is 2. The fourth-order valence-electron chi connectivity index (χ4n) is 1.69. The van der Waals surface area contributed by atoms with E-state index < -0.39 is 36.0 Å². The molecule has 0 aromatic rings. The SMILES string of the molecule is COC(=O)C1N(C(=O)OC(C)(C)C)CCC1(F)F. The predicted octanol–water partition coefficient (Wildman–Crippen LogP) is 1.80. The molecular formula is C11H17F2NO4. The number of hydrogen-bond donors (Lipinski definition) is 0. The van der Waals surface area contributed by atoms with Crippen molar-refractivity contribution in [2.75, 3.05) is 13.7 Å². The van der Waals surface area contributed by atoms with Gasteiger partial charge in [-0.1, -0.05) is 0 Å². The molecule has 0 spiro atoms. The average molecular weight is 265 g/mol. The molecule has 1 rings (SSSR count). The quantitative estimate of drug-likeness (QED) is 0.678. The summed E-state index contributed by atoms with van der Waals surface area (Å²) >= 11 is 0. The second-order valence-corrected chi connectivity index (χ2v) is 5.11. The van der Waals surface area contributed by atoms with Gasteiger partial charge in [0.2, 0.25) is 0 Å². The van der Waals surface area contributed by atoms with Gasteiger partial charge < -0.3 is 9.47 Å². The molecule has 0 saturated carbocycles. The van der Waals surface area contributed by atoms with Crippen molar-refractivity contribution in [3.63, 3.8) is 0 Å². The molecule has 1 heterocycles. The van der Waals surface area contributed by atoms with Gasteiger partial charge in [-0.3, -0.25) is 4.90 Å². The minimum atomic E-state index is -3.29. The summed E-state index contributed by atoms with van der Waals surface area (Å²) in [7, 11) is 1.00. The van der Waals surface area contributed by atoms with E-state index in [-0.39, 0.29) is 6.54 Å². The Bertz CT molecular complexity index is 351. The first-order chi connectivity index (χ1) is 8.08. The molecule has 0 bridgehead atoms. The van der Waals surface area contributed by atoms with Crippen molar-refractivity contribution in [3.05, 3.63) is 0 Å². The van der Waals surface area contributed by atoms with Crippen LogP contribution in [0.25, 0.3) is 0 Å². The summed E-state index contributed by atoms with van der Waals surface area (Å²) in [5.74, 6) is -4.42. The number of methoxy groups -OCH3 is 1. The largest absolute Gasteiger partial charge is 0.467 e. The van der Waals surface area contributed by atoms with Crippen LogP contribution >= 0.6 is 0 Å². The van der Waals surface area contributed by atoms with E-state index in [1.807, 2.05) is 0 Å². The van der Waals surface area contributed by atoms with Crippen LogP contribution in [0.5, 0.6) is 0 Å². The molecule has 18 heavy (non-hydrogen) atoms. The molecule has 7 heteroatoms. The Labute approximate surface area is 104 Å². The third-order valence-electron chi connectivity index (χ3n) is 2.45.